The van der Waals surface area contributed by atoms with Crippen molar-refractivity contribution in [2.75, 3.05) is 6.54 Å². The SMILES string of the molecule is CCN1C(=O)/C(=C\c2ccc(O)c([N+](=O)[O-])c2)SC1=Nc1cc(C)ccc1C. The number of aryl methyl sites for hydroxylation is 2. The number of likely N-dealkylation sites (N-methyl/N-ethyl adjacent to an activating group) is 1. The summed E-state index contributed by atoms with van der Waals surface area (Å²) in [5.41, 5.74) is 2.95. The van der Waals surface area contributed by atoms with Crippen LogP contribution in [0.25, 0.3) is 6.08 Å². The third kappa shape index (κ3) is 3.91. The van der Waals surface area contributed by atoms with Crippen molar-refractivity contribution in [1.29, 1.82) is 0 Å². The number of amides is 1. The smallest absolute Gasteiger partial charge is 0.311 e. The summed E-state index contributed by atoms with van der Waals surface area (Å²) in [6, 6.07) is 9.97. The summed E-state index contributed by atoms with van der Waals surface area (Å²) in [6.45, 7) is 6.27. The minimum Gasteiger partial charge on any atom is -0.502 e. The first-order valence-corrected chi connectivity index (χ1v) is 9.46. The molecule has 1 saturated heterocycles. The van der Waals surface area contributed by atoms with Gasteiger partial charge in [0.25, 0.3) is 5.91 Å². The van der Waals surface area contributed by atoms with E-state index < -0.39 is 16.4 Å². The molecule has 8 heteroatoms. The molecule has 1 N–H and O–H groups in total. The van der Waals surface area contributed by atoms with Crippen LogP contribution in [-0.4, -0.2) is 32.5 Å². The molecule has 3 rings (SSSR count). The number of nitro benzene ring substituents is 1. The Morgan fingerprint density at radius 3 is 2.68 bits per heavy atom. The molecule has 1 amide bonds. The van der Waals surface area contributed by atoms with E-state index >= 15 is 0 Å². The van der Waals surface area contributed by atoms with Crippen LogP contribution in [0, 0.1) is 24.0 Å². The van der Waals surface area contributed by atoms with Crippen molar-refractivity contribution in [3.63, 3.8) is 0 Å². The fraction of sp³-hybridized carbons (Fsp3) is 0.200. The highest BCUT2D eigenvalue weighted by Crippen LogP contribution is 2.36. The first-order valence-electron chi connectivity index (χ1n) is 8.65. The molecule has 1 aliphatic heterocycles. The van der Waals surface area contributed by atoms with Gasteiger partial charge in [0.15, 0.2) is 10.9 Å². The molecular formula is C20H19N3O4S. The highest BCUT2D eigenvalue weighted by Gasteiger charge is 2.32. The Balaban J connectivity index is 1.99. The number of aliphatic imine (C=N–C) groups is 1. The Hall–Kier alpha value is -3.13. The van der Waals surface area contributed by atoms with Crippen molar-refractivity contribution in [1.82, 2.24) is 4.90 Å². The number of nitro groups is 1. The molecule has 1 heterocycles. The predicted octanol–water partition coefficient (Wildman–Crippen LogP) is 4.54. The van der Waals surface area contributed by atoms with Crippen molar-refractivity contribution in [2.45, 2.75) is 20.8 Å². The molecule has 144 valence electrons. The third-order valence-electron chi connectivity index (χ3n) is 4.28. The van der Waals surface area contributed by atoms with Gasteiger partial charge in [-0.15, -0.1) is 0 Å². The predicted molar refractivity (Wildman–Crippen MR) is 111 cm³/mol. The molecule has 0 aliphatic carbocycles. The van der Waals surface area contributed by atoms with Crippen molar-refractivity contribution in [3.8, 4) is 5.75 Å². The summed E-state index contributed by atoms with van der Waals surface area (Å²) in [7, 11) is 0. The normalized spacial score (nSPS) is 17.0. The summed E-state index contributed by atoms with van der Waals surface area (Å²) >= 11 is 1.23. The number of benzene rings is 2. The molecule has 0 radical (unpaired) electrons. The van der Waals surface area contributed by atoms with Crippen LogP contribution in [-0.2, 0) is 4.79 Å². The third-order valence-corrected chi connectivity index (χ3v) is 5.29. The van der Waals surface area contributed by atoms with Crippen molar-refractivity contribution >= 4 is 40.3 Å². The average Bonchev–Trinajstić information content (AvgIpc) is 2.94. The number of hydrogen-bond donors (Lipinski definition) is 1. The highest BCUT2D eigenvalue weighted by atomic mass is 32.2. The van der Waals surface area contributed by atoms with Crippen molar-refractivity contribution in [3.05, 3.63) is 68.1 Å². The molecule has 0 unspecified atom stereocenters. The molecule has 0 bridgehead atoms. The summed E-state index contributed by atoms with van der Waals surface area (Å²) in [5.74, 6) is -0.614. The number of hydrogen-bond acceptors (Lipinski definition) is 6. The highest BCUT2D eigenvalue weighted by molar-refractivity contribution is 8.18. The number of phenols is 1. The van der Waals surface area contributed by atoms with Crippen molar-refractivity contribution < 1.29 is 14.8 Å². The van der Waals surface area contributed by atoms with Crippen LogP contribution >= 0.6 is 11.8 Å². The number of aromatic hydroxyl groups is 1. The van der Waals surface area contributed by atoms with Crippen LogP contribution in [0.15, 0.2) is 46.3 Å². The Bertz CT molecular complexity index is 1030. The van der Waals surface area contributed by atoms with Gasteiger partial charge in [-0.05, 0) is 67.4 Å². The molecular weight excluding hydrogens is 378 g/mol. The van der Waals surface area contributed by atoms with Crippen LogP contribution in [0.2, 0.25) is 0 Å². The number of amidine groups is 1. The average molecular weight is 397 g/mol. The second kappa shape index (κ2) is 7.85. The van der Waals surface area contributed by atoms with Crippen LogP contribution in [0.5, 0.6) is 5.75 Å². The summed E-state index contributed by atoms with van der Waals surface area (Å²) in [5, 5.41) is 21.2. The van der Waals surface area contributed by atoms with Gasteiger partial charge in [0, 0.05) is 12.6 Å². The van der Waals surface area contributed by atoms with E-state index in [0.717, 1.165) is 16.8 Å². The Morgan fingerprint density at radius 1 is 1.25 bits per heavy atom. The maximum Gasteiger partial charge on any atom is 0.311 e. The first-order chi connectivity index (χ1) is 13.3. The first kappa shape index (κ1) is 19.6. The van der Waals surface area contributed by atoms with Gasteiger partial charge in [-0.1, -0.05) is 18.2 Å². The van der Waals surface area contributed by atoms with Crippen molar-refractivity contribution in [2.24, 2.45) is 4.99 Å². The number of carbonyl (C=O) groups excluding carboxylic acids is 1. The zero-order valence-corrected chi connectivity index (χ0v) is 16.5. The molecule has 1 aliphatic rings. The molecule has 2 aromatic carbocycles. The van der Waals surface area contributed by atoms with Crippen LogP contribution in [0.4, 0.5) is 11.4 Å². The lowest BCUT2D eigenvalue weighted by atomic mass is 10.1. The number of carbonyl (C=O) groups is 1. The zero-order chi connectivity index (χ0) is 20.4. The monoisotopic (exact) mass is 397 g/mol. The van der Waals surface area contributed by atoms with Gasteiger partial charge in [0.2, 0.25) is 0 Å². The van der Waals surface area contributed by atoms with E-state index in [4.69, 9.17) is 0 Å². The van der Waals surface area contributed by atoms with E-state index in [1.54, 1.807) is 11.0 Å². The van der Waals surface area contributed by atoms with Crippen LogP contribution in [0.3, 0.4) is 0 Å². The summed E-state index contributed by atoms with van der Waals surface area (Å²) in [6.07, 6.45) is 1.58. The fourth-order valence-corrected chi connectivity index (χ4v) is 3.80. The van der Waals surface area contributed by atoms with Crippen LogP contribution < -0.4 is 0 Å². The zero-order valence-electron chi connectivity index (χ0n) is 15.7. The van der Waals surface area contributed by atoms with E-state index in [1.807, 2.05) is 39.0 Å². The largest absolute Gasteiger partial charge is 0.502 e. The fourth-order valence-electron chi connectivity index (χ4n) is 2.74. The van der Waals surface area contributed by atoms with E-state index in [0.29, 0.717) is 22.2 Å². The molecule has 2 aromatic rings. The second-order valence-electron chi connectivity index (χ2n) is 6.35. The molecule has 7 nitrogen and oxygen atoms in total. The molecule has 28 heavy (non-hydrogen) atoms. The maximum absolute atomic E-state index is 12.8. The summed E-state index contributed by atoms with van der Waals surface area (Å²) < 4.78 is 0. The number of thioether (sulfide) groups is 1. The van der Waals surface area contributed by atoms with E-state index in [-0.39, 0.29) is 5.91 Å². The lowest BCUT2D eigenvalue weighted by Crippen LogP contribution is -2.28. The molecule has 0 atom stereocenters. The number of phenolic OH excluding ortho intramolecular Hbond substituents is 1. The van der Waals surface area contributed by atoms with Gasteiger partial charge < -0.3 is 5.11 Å². The van der Waals surface area contributed by atoms with E-state index in [2.05, 4.69) is 4.99 Å². The van der Waals surface area contributed by atoms with E-state index in [1.165, 1.54) is 30.0 Å². The second-order valence-corrected chi connectivity index (χ2v) is 7.36. The topological polar surface area (TPSA) is 96.0 Å². The summed E-state index contributed by atoms with van der Waals surface area (Å²) in [4.78, 5) is 29.8. The molecule has 0 aromatic heterocycles. The minimum absolute atomic E-state index is 0.202. The standard InChI is InChI=1S/C20H19N3O4S/c1-4-22-19(25)18(11-14-7-8-17(24)16(10-14)23(26)27)28-20(22)21-15-9-12(2)5-6-13(15)3/h5-11,24H,4H2,1-3H3/b18-11+,21-20?. The van der Waals surface area contributed by atoms with Crippen LogP contribution in [0.1, 0.15) is 23.6 Å². The maximum atomic E-state index is 12.8. The van der Waals surface area contributed by atoms with Gasteiger partial charge in [-0.2, -0.15) is 0 Å². The van der Waals surface area contributed by atoms with Gasteiger partial charge in [0.05, 0.1) is 15.5 Å². The molecule has 0 spiro atoms. The minimum atomic E-state index is -0.660. The van der Waals surface area contributed by atoms with E-state index in [9.17, 15) is 20.0 Å². The molecule has 1 fully saturated rings. The van der Waals surface area contributed by atoms with Gasteiger partial charge >= 0.3 is 5.69 Å². The quantitative estimate of drug-likeness (QED) is 0.464. The van der Waals surface area contributed by atoms with Gasteiger partial charge in [-0.25, -0.2) is 4.99 Å². The Morgan fingerprint density at radius 2 is 2.00 bits per heavy atom. The lowest BCUT2D eigenvalue weighted by molar-refractivity contribution is -0.385. The Kier molecular flexibility index (Phi) is 5.51. The number of rotatable bonds is 4. The number of nitrogens with zero attached hydrogens (tertiary/aromatic N) is 3. The Labute approximate surface area is 166 Å². The molecule has 0 saturated carbocycles. The van der Waals surface area contributed by atoms with Gasteiger partial charge in [-0.3, -0.25) is 19.8 Å². The lowest BCUT2D eigenvalue weighted by Gasteiger charge is -2.12. The van der Waals surface area contributed by atoms with Gasteiger partial charge in [0.1, 0.15) is 0 Å².